The van der Waals surface area contributed by atoms with Gasteiger partial charge in [0, 0.05) is 6.54 Å². The molecule has 8 heteroatoms. The fraction of sp³-hybridized carbons (Fsp3) is 1.00. The maximum atomic E-state index is 11.6. The summed E-state index contributed by atoms with van der Waals surface area (Å²) in [7, 11) is -2.91. The van der Waals surface area contributed by atoms with Crippen LogP contribution in [0.25, 0.3) is 0 Å². The lowest BCUT2D eigenvalue weighted by atomic mass is 10.1. The van der Waals surface area contributed by atoms with E-state index in [-0.39, 0.29) is 24.0 Å². The minimum atomic E-state index is -4.60. The zero-order valence-electron chi connectivity index (χ0n) is 8.59. The summed E-state index contributed by atoms with van der Waals surface area (Å²) in [6, 6.07) is 0. The Kier molecular flexibility index (Phi) is 4.57. The summed E-state index contributed by atoms with van der Waals surface area (Å²) in [5.41, 5.74) is 0. The van der Waals surface area contributed by atoms with Crippen molar-refractivity contribution in [2.75, 3.05) is 31.2 Å². The molecule has 1 aliphatic heterocycles. The molecule has 16 heavy (non-hydrogen) atoms. The van der Waals surface area contributed by atoms with Gasteiger partial charge in [-0.25, -0.2) is 8.42 Å². The summed E-state index contributed by atoms with van der Waals surface area (Å²) < 4.78 is 60.3. The third-order valence-corrected chi connectivity index (χ3v) is 4.14. The van der Waals surface area contributed by atoms with Gasteiger partial charge in [-0.15, -0.1) is 13.2 Å². The van der Waals surface area contributed by atoms with Gasteiger partial charge in [0.15, 0.2) is 9.84 Å². The summed E-state index contributed by atoms with van der Waals surface area (Å²) >= 11 is 0. The quantitative estimate of drug-likeness (QED) is 0.734. The third kappa shape index (κ3) is 5.66. The van der Waals surface area contributed by atoms with Crippen molar-refractivity contribution in [1.29, 1.82) is 0 Å². The normalized spacial score (nSPS) is 24.8. The van der Waals surface area contributed by atoms with E-state index in [4.69, 9.17) is 0 Å². The van der Waals surface area contributed by atoms with E-state index >= 15 is 0 Å². The fourth-order valence-electron chi connectivity index (χ4n) is 1.58. The standard InChI is InChI=1S/C8H14F3NO3S/c9-8(10,11)15-3-2-12-5-7-1-4-16(13,14)6-7/h7,12H,1-6H2. The first kappa shape index (κ1) is 13.7. The second kappa shape index (κ2) is 5.33. The van der Waals surface area contributed by atoms with Crippen LogP contribution in [0.1, 0.15) is 6.42 Å². The molecule has 1 fully saturated rings. The lowest BCUT2D eigenvalue weighted by Gasteiger charge is -2.10. The molecule has 1 rings (SSSR count). The lowest BCUT2D eigenvalue weighted by molar-refractivity contribution is -0.323. The number of rotatable bonds is 5. The molecule has 0 spiro atoms. The smallest absolute Gasteiger partial charge is 0.314 e. The minimum Gasteiger partial charge on any atom is -0.314 e. The van der Waals surface area contributed by atoms with Crippen LogP contribution in [0.3, 0.4) is 0 Å². The highest BCUT2D eigenvalue weighted by molar-refractivity contribution is 7.91. The Morgan fingerprint density at radius 1 is 1.38 bits per heavy atom. The highest BCUT2D eigenvalue weighted by atomic mass is 32.2. The molecule has 4 nitrogen and oxygen atoms in total. The number of sulfone groups is 1. The molecule has 0 saturated carbocycles. The topological polar surface area (TPSA) is 55.4 Å². The van der Waals surface area contributed by atoms with Gasteiger partial charge in [0.2, 0.25) is 0 Å². The summed E-state index contributed by atoms with van der Waals surface area (Å²) in [6.45, 7) is 0.0273. The second-order valence-electron chi connectivity index (χ2n) is 3.77. The molecule has 0 aromatic rings. The van der Waals surface area contributed by atoms with Gasteiger partial charge in [0.25, 0.3) is 0 Å². The monoisotopic (exact) mass is 261 g/mol. The fourth-order valence-corrected chi connectivity index (χ4v) is 3.44. The first-order chi connectivity index (χ1) is 7.29. The molecule has 96 valence electrons. The van der Waals surface area contributed by atoms with Gasteiger partial charge in [-0.3, -0.25) is 4.74 Å². The first-order valence-corrected chi connectivity index (χ1v) is 6.72. The third-order valence-electron chi connectivity index (χ3n) is 2.30. The predicted octanol–water partition coefficient (Wildman–Crippen LogP) is 0.547. The van der Waals surface area contributed by atoms with Crippen molar-refractivity contribution >= 4 is 9.84 Å². The maximum absolute atomic E-state index is 11.6. The van der Waals surface area contributed by atoms with Crippen molar-refractivity contribution < 1.29 is 26.3 Å². The Hall–Kier alpha value is -0.340. The van der Waals surface area contributed by atoms with E-state index in [1.807, 2.05) is 0 Å². The summed E-state index contributed by atoms with van der Waals surface area (Å²) in [5, 5.41) is 2.75. The highest BCUT2D eigenvalue weighted by Crippen LogP contribution is 2.17. The Balaban J connectivity index is 2.05. The molecule has 0 aromatic carbocycles. The van der Waals surface area contributed by atoms with Gasteiger partial charge >= 0.3 is 6.36 Å². The molecular weight excluding hydrogens is 247 g/mol. The largest absolute Gasteiger partial charge is 0.522 e. The molecule has 1 atom stereocenters. The van der Waals surface area contributed by atoms with Crippen LogP contribution in [-0.4, -0.2) is 46.0 Å². The van der Waals surface area contributed by atoms with Crippen LogP contribution >= 0.6 is 0 Å². The molecule has 1 saturated heterocycles. The van der Waals surface area contributed by atoms with Crippen LogP contribution in [0.5, 0.6) is 0 Å². The molecular formula is C8H14F3NO3S. The van der Waals surface area contributed by atoms with Crippen LogP contribution < -0.4 is 5.32 Å². The van der Waals surface area contributed by atoms with Crippen LogP contribution in [-0.2, 0) is 14.6 Å². The zero-order chi connectivity index (χ0) is 12.2. The van der Waals surface area contributed by atoms with E-state index in [0.29, 0.717) is 13.0 Å². The number of nitrogens with one attached hydrogen (secondary N) is 1. The Morgan fingerprint density at radius 2 is 2.06 bits per heavy atom. The van der Waals surface area contributed by atoms with Gasteiger partial charge in [-0.1, -0.05) is 0 Å². The Bertz CT molecular complexity index is 315. The first-order valence-electron chi connectivity index (χ1n) is 4.90. The van der Waals surface area contributed by atoms with E-state index < -0.39 is 22.8 Å². The molecule has 1 N–H and O–H groups in total. The van der Waals surface area contributed by atoms with E-state index in [2.05, 4.69) is 10.1 Å². The van der Waals surface area contributed by atoms with Gasteiger partial charge < -0.3 is 5.32 Å². The maximum Gasteiger partial charge on any atom is 0.522 e. The van der Waals surface area contributed by atoms with Crippen molar-refractivity contribution in [3.8, 4) is 0 Å². The molecule has 0 aromatic heterocycles. The van der Waals surface area contributed by atoms with Crippen LogP contribution in [0.2, 0.25) is 0 Å². The average molecular weight is 261 g/mol. The van der Waals surface area contributed by atoms with Gasteiger partial charge in [0.05, 0.1) is 18.1 Å². The summed E-state index contributed by atoms with van der Waals surface area (Å²) in [4.78, 5) is 0. The van der Waals surface area contributed by atoms with Crippen molar-refractivity contribution in [3.05, 3.63) is 0 Å². The second-order valence-corrected chi connectivity index (χ2v) is 6.00. The van der Waals surface area contributed by atoms with Crippen LogP contribution in [0.4, 0.5) is 13.2 Å². The summed E-state index contributed by atoms with van der Waals surface area (Å²) in [6.07, 6.45) is -4.02. The number of hydrogen-bond donors (Lipinski definition) is 1. The van der Waals surface area contributed by atoms with E-state index in [1.54, 1.807) is 0 Å². The highest BCUT2D eigenvalue weighted by Gasteiger charge is 2.29. The number of alkyl halides is 3. The SMILES string of the molecule is O=S1(=O)CCC(CNCCOC(F)(F)F)C1. The molecule has 0 amide bonds. The lowest BCUT2D eigenvalue weighted by Crippen LogP contribution is -2.29. The van der Waals surface area contributed by atoms with E-state index in [0.717, 1.165) is 0 Å². The predicted molar refractivity (Wildman–Crippen MR) is 51.6 cm³/mol. The van der Waals surface area contributed by atoms with E-state index in [1.165, 1.54) is 0 Å². The van der Waals surface area contributed by atoms with Crippen LogP contribution in [0, 0.1) is 5.92 Å². The van der Waals surface area contributed by atoms with Crippen molar-refractivity contribution in [1.82, 2.24) is 5.32 Å². The van der Waals surface area contributed by atoms with Gasteiger partial charge in [0.1, 0.15) is 0 Å². The minimum absolute atomic E-state index is 0.0101. The average Bonchev–Trinajstić information content (AvgIpc) is 2.43. The molecule has 1 aliphatic rings. The van der Waals surface area contributed by atoms with Crippen molar-refractivity contribution in [2.45, 2.75) is 12.8 Å². The number of halogens is 3. The van der Waals surface area contributed by atoms with Crippen molar-refractivity contribution in [3.63, 3.8) is 0 Å². The molecule has 0 bridgehead atoms. The number of hydrogen-bond acceptors (Lipinski definition) is 4. The molecule has 1 unspecified atom stereocenters. The van der Waals surface area contributed by atoms with Crippen molar-refractivity contribution in [2.24, 2.45) is 5.92 Å². The zero-order valence-corrected chi connectivity index (χ0v) is 9.40. The summed E-state index contributed by atoms with van der Waals surface area (Å²) in [5.74, 6) is 0.314. The van der Waals surface area contributed by atoms with E-state index in [9.17, 15) is 21.6 Å². The molecule has 0 aliphatic carbocycles. The Labute approximate surface area is 92.1 Å². The molecule has 0 radical (unpaired) electrons. The van der Waals surface area contributed by atoms with Gasteiger partial charge in [-0.05, 0) is 18.9 Å². The van der Waals surface area contributed by atoms with Gasteiger partial charge in [-0.2, -0.15) is 0 Å². The molecule has 1 heterocycles. The Morgan fingerprint density at radius 3 is 2.56 bits per heavy atom. The number of ether oxygens (including phenoxy) is 1. The van der Waals surface area contributed by atoms with Crippen LogP contribution in [0.15, 0.2) is 0 Å².